The molecule has 80 valence electrons. The van der Waals surface area contributed by atoms with Crippen molar-refractivity contribution in [1.82, 2.24) is 19.8 Å². The zero-order valence-electron chi connectivity index (χ0n) is 8.60. The number of hydrogen-bond acceptors (Lipinski definition) is 5. The number of aryl methyl sites for hydroxylation is 2. The van der Waals surface area contributed by atoms with Crippen LogP contribution in [0, 0.1) is 6.92 Å². The lowest BCUT2D eigenvalue weighted by molar-refractivity contribution is 0.604. The summed E-state index contributed by atoms with van der Waals surface area (Å²) in [6, 6.07) is 0. The molecule has 1 aliphatic carbocycles. The molecule has 0 unspecified atom stereocenters. The first-order valence-electron chi connectivity index (χ1n) is 5.13. The fraction of sp³-hybridized carbons (Fsp3) is 0.667. The van der Waals surface area contributed by atoms with E-state index in [4.69, 9.17) is 5.73 Å². The summed E-state index contributed by atoms with van der Waals surface area (Å²) in [7, 11) is 0. The van der Waals surface area contributed by atoms with E-state index in [1.165, 1.54) is 0 Å². The van der Waals surface area contributed by atoms with Gasteiger partial charge in [0.05, 0.1) is 0 Å². The second-order valence-electron chi connectivity index (χ2n) is 4.30. The summed E-state index contributed by atoms with van der Waals surface area (Å²) in [6.07, 6.45) is 4.33. The monoisotopic (exact) mass is 223 g/mol. The van der Waals surface area contributed by atoms with Crippen molar-refractivity contribution in [2.45, 2.75) is 38.1 Å². The Bertz CT molecular complexity index is 496. The molecule has 2 heterocycles. The maximum Gasteiger partial charge on any atom is 0.234 e. The molecule has 1 aliphatic rings. The van der Waals surface area contributed by atoms with Gasteiger partial charge < -0.3 is 5.73 Å². The van der Waals surface area contributed by atoms with Gasteiger partial charge in [0.2, 0.25) is 4.96 Å². The van der Waals surface area contributed by atoms with Gasteiger partial charge in [0, 0.05) is 12.0 Å². The van der Waals surface area contributed by atoms with Gasteiger partial charge in [0.25, 0.3) is 0 Å². The topological polar surface area (TPSA) is 69.1 Å². The van der Waals surface area contributed by atoms with Gasteiger partial charge in [-0.05, 0) is 26.2 Å². The van der Waals surface area contributed by atoms with Gasteiger partial charge in [0.1, 0.15) is 5.01 Å². The van der Waals surface area contributed by atoms with E-state index in [1.807, 2.05) is 6.92 Å². The molecule has 15 heavy (non-hydrogen) atoms. The molecule has 2 aromatic rings. The smallest absolute Gasteiger partial charge is 0.234 e. The first kappa shape index (κ1) is 9.23. The Labute approximate surface area is 91.3 Å². The predicted octanol–water partition coefficient (Wildman–Crippen LogP) is 0.918. The number of hydrogen-bond donors (Lipinski definition) is 1. The number of aromatic nitrogens is 4. The molecule has 6 heteroatoms. The number of nitrogens with zero attached hydrogens (tertiary/aromatic N) is 4. The van der Waals surface area contributed by atoms with Crippen LogP contribution in [0.5, 0.6) is 0 Å². The summed E-state index contributed by atoms with van der Waals surface area (Å²) in [4.78, 5) is 0.879. The molecular formula is C9H13N5S. The van der Waals surface area contributed by atoms with Gasteiger partial charge >= 0.3 is 0 Å². The van der Waals surface area contributed by atoms with Gasteiger partial charge in [-0.1, -0.05) is 11.3 Å². The maximum atomic E-state index is 6.04. The van der Waals surface area contributed by atoms with Crippen LogP contribution < -0.4 is 5.73 Å². The minimum absolute atomic E-state index is 0.112. The Hall–Kier alpha value is -1.01. The van der Waals surface area contributed by atoms with Crippen molar-refractivity contribution < 1.29 is 0 Å². The minimum Gasteiger partial charge on any atom is -0.325 e. The molecule has 0 spiro atoms. The van der Waals surface area contributed by atoms with Crippen LogP contribution in [0.3, 0.4) is 0 Å². The van der Waals surface area contributed by atoms with Crippen LogP contribution in [0.1, 0.15) is 30.1 Å². The van der Waals surface area contributed by atoms with Crippen LogP contribution >= 0.6 is 11.3 Å². The summed E-state index contributed by atoms with van der Waals surface area (Å²) in [6.45, 7) is 1.91. The summed E-state index contributed by atoms with van der Waals surface area (Å²) in [5.74, 6) is 0.849. The first-order valence-corrected chi connectivity index (χ1v) is 5.95. The van der Waals surface area contributed by atoms with Gasteiger partial charge in [-0.15, -0.1) is 10.2 Å². The van der Waals surface area contributed by atoms with Crippen LogP contribution in [-0.2, 0) is 6.42 Å². The molecule has 2 N–H and O–H groups in total. The Kier molecular flexibility index (Phi) is 1.84. The summed E-state index contributed by atoms with van der Waals surface area (Å²) in [5, 5.41) is 13.6. The fourth-order valence-corrected chi connectivity index (χ4v) is 2.50. The third kappa shape index (κ3) is 1.63. The van der Waals surface area contributed by atoms with E-state index in [9.17, 15) is 0 Å². The molecule has 0 radical (unpaired) electrons. The fourth-order valence-electron chi connectivity index (χ4n) is 1.62. The molecule has 3 rings (SSSR count). The highest BCUT2D eigenvalue weighted by atomic mass is 32.1. The standard InChI is InChI=1S/C9H13N5S/c1-6-11-12-8-14(6)13-7(15-8)2-3-9(10)4-5-9/h2-5,10H2,1H3. The second kappa shape index (κ2) is 2.99. The van der Waals surface area contributed by atoms with Crippen molar-refractivity contribution >= 4 is 16.3 Å². The van der Waals surface area contributed by atoms with E-state index in [-0.39, 0.29) is 5.54 Å². The number of nitrogens with two attached hydrogens (primary N) is 1. The average molecular weight is 223 g/mol. The van der Waals surface area contributed by atoms with Crippen LogP contribution in [-0.4, -0.2) is 25.4 Å². The Morgan fingerprint density at radius 1 is 1.47 bits per heavy atom. The lowest BCUT2D eigenvalue weighted by atomic mass is 10.1. The van der Waals surface area contributed by atoms with Crippen molar-refractivity contribution in [2.24, 2.45) is 5.73 Å². The first-order chi connectivity index (χ1) is 7.16. The van der Waals surface area contributed by atoms with Crippen LogP contribution in [0.15, 0.2) is 0 Å². The SMILES string of the molecule is Cc1nnc2sc(CCC3(N)CC3)nn12. The second-order valence-corrected chi connectivity index (χ2v) is 5.34. The van der Waals surface area contributed by atoms with E-state index < -0.39 is 0 Å². The van der Waals surface area contributed by atoms with E-state index >= 15 is 0 Å². The van der Waals surface area contributed by atoms with Crippen molar-refractivity contribution in [3.8, 4) is 0 Å². The van der Waals surface area contributed by atoms with Crippen molar-refractivity contribution in [3.63, 3.8) is 0 Å². The molecule has 1 saturated carbocycles. The highest BCUT2D eigenvalue weighted by molar-refractivity contribution is 7.16. The molecule has 0 atom stereocenters. The normalized spacial score (nSPS) is 18.5. The molecule has 0 saturated heterocycles. The van der Waals surface area contributed by atoms with Gasteiger partial charge in [-0.3, -0.25) is 0 Å². The Morgan fingerprint density at radius 3 is 2.93 bits per heavy atom. The number of rotatable bonds is 3. The Balaban J connectivity index is 1.79. The summed E-state index contributed by atoms with van der Waals surface area (Å²) < 4.78 is 1.80. The molecule has 0 bridgehead atoms. The third-order valence-electron chi connectivity index (χ3n) is 2.92. The van der Waals surface area contributed by atoms with Crippen molar-refractivity contribution in [1.29, 1.82) is 0 Å². The van der Waals surface area contributed by atoms with Crippen LogP contribution in [0.4, 0.5) is 0 Å². The summed E-state index contributed by atoms with van der Waals surface area (Å²) in [5.41, 5.74) is 6.15. The van der Waals surface area contributed by atoms with Crippen LogP contribution in [0.25, 0.3) is 4.96 Å². The van der Waals surface area contributed by atoms with Gasteiger partial charge in [-0.2, -0.15) is 9.61 Å². The van der Waals surface area contributed by atoms with E-state index in [2.05, 4.69) is 15.3 Å². The van der Waals surface area contributed by atoms with Crippen molar-refractivity contribution in [3.05, 3.63) is 10.8 Å². The minimum atomic E-state index is 0.112. The van der Waals surface area contributed by atoms with E-state index in [0.29, 0.717) is 0 Å². The highest BCUT2D eigenvalue weighted by Crippen LogP contribution is 2.36. The molecular weight excluding hydrogens is 210 g/mol. The zero-order valence-corrected chi connectivity index (χ0v) is 9.42. The molecule has 0 amide bonds. The number of fused-ring (bicyclic) bond motifs is 1. The highest BCUT2D eigenvalue weighted by Gasteiger charge is 2.37. The molecule has 5 nitrogen and oxygen atoms in total. The predicted molar refractivity (Wildman–Crippen MR) is 57.9 cm³/mol. The lowest BCUT2D eigenvalue weighted by Crippen LogP contribution is -2.22. The van der Waals surface area contributed by atoms with Crippen LogP contribution in [0.2, 0.25) is 0 Å². The quantitative estimate of drug-likeness (QED) is 0.840. The van der Waals surface area contributed by atoms with E-state index in [1.54, 1.807) is 15.9 Å². The lowest BCUT2D eigenvalue weighted by Gasteiger charge is -2.04. The molecule has 0 aromatic carbocycles. The van der Waals surface area contributed by atoms with Gasteiger partial charge in [0.15, 0.2) is 5.82 Å². The van der Waals surface area contributed by atoms with Gasteiger partial charge in [-0.25, -0.2) is 0 Å². The Morgan fingerprint density at radius 2 is 2.27 bits per heavy atom. The van der Waals surface area contributed by atoms with E-state index in [0.717, 1.165) is 41.5 Å². The van der Waals surface area contributed by atoms with Crippen molar-refractivity contribution in [2.75, 3.05) is 0 Å². The summed E-state index contributed by atoms with van der Waals surface area (Å²) >= 11 is 1.61. The molecule has 0 aliphatic heterocycles. The third-order valence-corrected chi connectivity index (χ3v) is 3.88. The molecule has 2 aromatic heterocycles. The average Bonchev–Trinajstić information content (AvgIpc) is 2.69. The molecule has 1 fully saturated rings. The largest absolute Gasteiger partial charge is 0.325 e. The zero-order chi connectivity index (χ0) is 10.5. The maximum absolute atomic E-state index is 6.04.